The van der Waals surface area contributed by atoms with Crippen molar-refractivity contribution >= 4 is 6.29 Å². The summed E-state index contributed by atoms with van der Waals surface area (Å²) >= 11 is 0. The average Bonchev–Trinajstić information content (AvgIpc) is 2.48. The summed E-state index contributed by atoms with van der Waals surface area (Å²) in [4.78, 5) is 10.8. The summed E-state index contributed by atoms with van der Waals surface area (Å²) < 4.78 is 5.91. The van der Waals surface area contributed by atoms with E-state index in [1.165, 1.54) is 19.3 Å². The molecule has 0 radical (unpaired) electrons. The number of carbonyl (C=O) groups excluding carboxylic acids is 1. The average molecular weight is 182 g/mol. The molecule has 0 aromatic rings. The quantitative estimate of drug-likeness (QED) is 0.581. The van der Waals surface area contributed by atoms with Crippen LogP contribution in [0.4, 0.5) is 0 Å². The fraction of sp³-hybridized carbons (Fsp3) is 0.909. The van der Waals surface area contributed by atoms with Crippen LogP contribution in [0.2, 0.25) is 0 Å². The fourth-order valence-electron chi connectivity index (χ4n) is 2.87. The van der Waals surface area contributed by atoms with E-state index in [2.05, 4.69) is 6.92 Å². The molecule has 3 unspecified atom stereocenters. The van der Waals surface area contributed by atoms with E-state index >= 15 is 0 Å². The van der Waals surface area contributed by atoms with Crippen LogP contribution >= 0.6 is 0 Å². The van der Waals surface area contributed by atoms with Crippen molar-refractivity contribution in [1.29, 1.82) is 0 Å². The first kappa shape index (κ1) is 9.20. The van der Waals surface area contributed by atoms with Gasteiger partial charge in [-0.25, -0.2) is 0 Å². The predicted molar refractivity (Wildman–Crippen MR) is 50.5 cm³/mol. The molecule has 0 bridgehead atoms. The Morgan fingerprint density at radius 3 is 2.92 bits per heavy atom. The second-order valence-corrected chi connectivity index (χ2v) is 4.60. The smallest absolute Gasteiger partial charge is 0.123 e. The molecule has 2 fully saturated rings. The van der Waals surface area contributed by atoms with Gasteiger partial charge in [-0.15, -0.1) is 0 Å². The first-order chi connectivity index (χ1) is 6.27. The number of aldehydes is 1. The maximum absolute atomic E-state index is 10.8. The molecule has 1 aliphatic heterocycles. The highest BCUT2D eigenvalue weighted by molar-refractivity contribution is 5.53. The van der Waals surface area contributed by atoms with E-state index < -0.39 is 0 Å². The molecule has 1 saturated carbocycles. The van der Waals surface area contributed by atoms with Gasteiger partial charge in [0.15, 0.2) is 0 Å². The highest BCUT2D eigenvalue weighted by Gasteiger charge is 2.44. The van der Waals surface area contributed by atoms with E-state index in [-0.39, 0.29) is 11.5 Å². The molecule has 0 aromatic carbocycles. The first-order valence-corrected chi connectivity index (χ1v) is 5.36. The molecular weight excluding hydrogens is 164 g/mol. The summed E-state index contributed by atoms with van der Waals surface area (Å²) in [5.74, 6) is 0.907. The van der Waals surface area contributed by atoms with E-state index in [9.17, 15) is 4.79 Å². The molecule has 1 saturated heterocycles. The number of rotatable bonds is 1. The van der Waals surface area contributed by atoms with Gasteiger partial charge in [0, 0.05) is 12.5 Å². The van der Waals surface area contributed by atoms with Crippen LogP contribution in [0.5, 0.6) is 0 Å². The molecule has 2 nitrogen and oxygen atoms in total. The lowest BCUT2D eigenvalue weighted by Crippen LogP contribution is -2.42. The molecule has 3 atom stereocenters. The van der Waals surface area contributed by atoms with Gasteiger partial charge in [-0.2, -0.15) is 0 Å². The third-order valence-electron chi connectivity index (χ3n) is 3.81. The number of carbonyl (C=O) groups is 1. The van der Waals surface area contributed by atoms with E-state index in [1.807, 2.05) is 0 Å². The number of hydrogen-bond donors (Lipinski definition) is 0. The molecule has 2 aliphatic rings. The minimum atomic E-state index is 0.0732. The largest absolute Gasteiger partial charge is 0.375 e. The molecule has 1 aliphatic carbocycles. The Balaban J connectivity index is 2.08. The van der Waals surface area contributed by atoms with Crippen LogP contribution in [0.15, 0.2) is 0 Å². The van der Waals surface area contributed by atoms with E-state index in [1.54, 1.807) is 0 Å². The maximum atomic E-state index is 10.8. The molecule has 13 heavy (non-hydrogen) atoms. The maximum Gasteiger partial charge on any atom is 0.123 e. The first-order valence-electron chi connectivity index (χ1n) is 5.36. The van der Waals surface area contributed by atoms with E-state index in [4.69, 9.17) is 4.74 Å². The molecule has 1 spiro atoms. The van der Waals surface area contributed by atoms with Crippen LogP contribution in [0.25, 0.3) is 0 Å². The Kier molecular flexibility index (Phi) is 2.41. The molecule has 1 heterocycles. The van der Waals surface area contributed by atoms with Gasteiger partial charge in [0.1, 0.15) is 6.29 Å². The normalized spacial score (nSPS) is 45.3. The summed E-state index contributed by atoms with van der Waals surface area (Å²) in [5, 5.41) is 0. The minimum absolute atomic E-state index is 0.0732. The van der Waals surface area contributed by atoms with Crippen molar-refractivity contribution in [2.24, 2.45) is 11.8 Å². The Morgan fingerprint density at radius 2 is 2.31 bits per heavy atom. The summed E-state index contributed by atoms with van der Waals surface area (Å²) in [6.07, 6.45) is 6.72. The SMILES string of the molecule is CC1CCCC12CC(C=O)CCO2. The zero-order valence-electron chi connectivity index (χ0n) is 8.29. The lowest BCUT2D eigenvalue weighted by Gasteiger charge is -2.39. The molecule has 2 rings (SSSR count). The zero-order chi connectivity index (χ0) is 9.31. The van der Waals surface area contributed by atoms with Crippen LogP contribution < -0.4 is 0 Å². The van der Waals surface area contributed by atoms with Crippen LogP contribution in [-0.2, 0) is 9.53 Å². The summed E-state index contributed by atoms with van der Waals surface area (Å²) in [7, 11) is 0. The van der Waals surface area contributed by atoms with Crippen LogP contribution in [0.1, 0.15) is 39.0 Å². The lowest BCUT2D eigenvalue weighted by molar-refractivity contribution is -0.133. The Morgan fingerprint density at radius 1 is 1.46 bits per heavy atom. The molecule has 2 heteroatoms. The highest BCUT2D eigenvalue weighted by Crippen LogP contribution is 2.45. The van der Waals surface area contributed by atoms with Crippen LogP contribution in [-0.4, -0.2) is 18.5 Å². The number of hydrogen-bond acceptors (Lipinski definition) is 2. The zero-order valence-corrected chi connectivity index (χ0v) is 8.29. The molecule has 0 aromatic heterocycles. The van der Waals surface area contributed by atoms with Crippen molar-refractivity contribution in [3.05, 3.63) is 0 Å². The van der Waals surface area contributed by atoms with Crippen molar-refractivity contribution in [2.75, 3.05) is 6.61 Å². The summed E-state index contributed by atoms with van der Waals surface area (Å²) in [5.41, 5.74) is 0.0732. The van der Waals surface area contributed by atoms with Crippen molar-refractivity contribution in [2.45, 2.75) is 44.6 Å². The Bertz CT molecular complexity index is 202. The lowest BCUT2D eigenvalue weighted by atomic mass is 9.80. The standard InChI is InChI=1S/C11H18O2/c1-9-3-2-5-11(9)7-10(8-12)4-6-13-11/h8-10H,2-7H2,1H3. The van der Waals surface area contributed by atoms with Gasteiger partial charge in [-0.1, -0.05) is 13.3 Å². The van der Waals surface area contributed by atoms with Crippen molar-refractivity contribution in [3.8, 4) is 0 Å². The Hall–Kier alpha value is -0.370. The second-order valence-electron chi connectivity index (χ2n) is 4.60. The third kappa shape index (κ3) is 1.52. The van der Waals surface area contributed by atoms with Crippen LogP contribution in [0.3, 0.4) is 0 Å². The van der Waals surface area contributed by atoms with Crippen molar-refractivity contribution in [1.82, 2.24) is 0 Å². The van der Waals surface area contributed by atoms with Gasteiger partial charge < -0.3 is 9.53 Å². The van der Waals surface area contributed by atoms with Gasteiger partial charge >= 0.3 is 0 Å². The monoisotopic (exact) mass is 182 g/mol. The molecule has 0 N–H and O–H groups in total. The Labute approximate surface area is 79.7 Å². The highest BCUT2D eigenvalue weighted by atomic mass is 16.5. The van der Waals surface area contributed by atoms with Gasteiger partial charge in [-0.3, -0.25) is 0 Å². The summed E-state index contributed by atoms with van der Waals surface area (Å²) in [6.45, 7) is 3.05. The minimum Gasteiger partial charge on any atom is -0.375 e. The predicted octanol–water partition coefficient (Wildman–Crippen LogP) is 2.17. The van der Waals surface area contributed by atoms with Gasteiger partial charge in [0.25, 0.3) is 0 Å². The van der Waals surface area contributed by atoms with Gasteiger partial charge in [0.05, 0.1) is 5.60 Å². The third-order valence-corrected chi connectivity index (χ3v) is 3.81. The van der Waals surface area contributed by atoms with Gasteiger partial charge in [-0.05, 0) is 31.6 Å². The molecule has 74 valence electrons. The number of ether oxygens (including phenoxy) is 1. The molecular formula is C11H18O2. The van der Waals surface area contributed by atoms with Gasteiger partial charge in [0.2, 0.25) is 0 Å². The topological polar surface area (TPSA) is 26.3 Å². The second kappa shape index (κ2) is 3.41. The van der Waals surface area contributed by atoms with E-state index in [0.717, 1.165) is 25.7 Å². The van der Waals surface area contributed by atoms with Crippen molar-refractivity contribution in [3.63, 3.8) is 0 Å². The fourth-order valence-corrected chi connectivity index (χ4v) is 2.87. The van der Waals surface area contributed by atoms with Crippen molar-refractivity contribution < 1.29 is 9.53 Å². The van der Waals surface area contributed by atoms with Crippen LogP contribution in [0, 0.1) is 11.8 Å². The summed E-state index contributed by atoms with van der Waals surface area (Å²) in [6, 6.07) is 0. The molecule has 0 amide bonds. The van der Waals surface area contributed by atoms with E-state index in [0.29, 0.717) is 5.92 Å².